The van der Waals surface area contributed by atoms with Gasteiger partial charge in [-0.2, -0.15) is 0 Å². The van der Waals surface area contributed by atoms with Crippen molar-refractivity contribution in [3.63, 3.8) is 0 Å². The van der Waals surface area contributed by atoms with Crippen LogP contribution in [0.5, 0.6) is 0 Å². The molecule has 0 aliphatic carbocycles. The van der Waals surface area contributed by atoms with Crippen LogP contribution in [0.4, 0.5) is 0 Å². The lowest BCUT2D eigenvalue weighted by Crippen LogP contribution is -2.32. The van der Waals surface area contributed by atoms with Crippen molar-refractivity contribution in [1.29, 1.82) is 0 Å². The van der Waals surface area contributed by atoms with E-state index in [1.165, 1.54) is 0 Å². The van der Waals surface area contributed by atoms with E-state index < -0.39 is 0 Å². The molecule has 0 unspecified atom stereocenters. The molecule has 0 bridgehead atoms. The van der Waals surface area contributed by atoms with Crippen LogP contribution in [0.1, 0.15) is 38.1 Å². The van der Waals surface area contributed by atoms with Crippen LogP contribution in [0.15, 0.2) is 70.2 Å². The number of aromatic nitrogens is 2. The van der Waals surface area contributed by atoms with Crippen LogP contribution in [-0.2, 0) is 9.59 Å². The minimum atomic E-state index is -0.0955. The van der Waals surface area contributed by atoms with E-state index >= 15 is 0 Å². The summed E-state index contributed by atoms with van der Waals surface area (Å²) in [6.07, 6.45) is 8.53. The van der Waals surface area contributed by atoms with Gasteiger partial charge in [-0.25, -0.2) is 9.98 Å². The highest BCUT2D eigenvalue weighted by molar-refractivity contribution is 8.17. The van der Waals surface area contributed by atoms with E-state index in [-0.39, 0.29) is 11.8 Å². The number of hydrogen-bond acceptors (Lipinski definition) is 8. The van der Waals surface area contributed by atoms with Crippen LogP contribution in [0.25, 0.3) is 12.2 Å². The number of carbonyl (C=O) groups is 2. The van der Waals surface area contributed by atoms with Gasteiger partial charge >= 0.3 is 0 Å². The topological polar surface area (TPSA) is 91.1 Å². The molecule has 0 saturated carbocycles. The molecule has 0 spiro atoms. The second-order valence-corrected chi connectivity index (χ2v) is 10.1. The second kappa shape index (κ2) is 12.6. The standard InChI is InChI=1S/C26H28N6O2S2/c1-3-13-31-23(33)21(17-19-9-5-7-11-27-19)29-25(31)35-15-16-36-26-30-22(24(34)32(26)14-4-2)18-20-10-6-8-12-28-20/h5-12,17-18H,3-4,13-16H2,1-2H3/b21-17-,22-18-. The highest BCUT2D eigenvalue weighted by atomic mass is 32.2. The molecule has 0 aromatic carbocycles. The first-order valence-corrected chi connectivity index (χ1v) is 13.9. The number of carbonyl (C=O) groups excluding carboxylic acids is 2. The Balaban J connectivity index is 1.41. The van der Waals surface area contributed by atoms with Crippen molar-refractivity contribution in [3.8, 4) is 0 Å². The van der Waals surface area contributed by atoms with Gasteiger partial charge in [0.05, 0.1) is 11.4 Å². The number of rotatable bonds is 9. The molecular formula is C26H28N6O2S2. The molecule has 8 nitrogen and oxygen atoms in total. The number of nitrogens with zero attached hydrogens (tertiary/aromatic N) is 6. The molecule has 2 aliphatic rings. The lowest BCUT2D eigenvalue weighted by molar-refractivity contribution is -0.123. The molecule has 4 rings (SSSR count). The maximum atomic E-state index is 12.9. The number of aliphatic imine (C=N–C) groups is 2. The number of amides is 2. The van der Waals surface area contributed by atoms with Crippen molar-refractivity contribution in [2.45, 2.75) is 26.7 Å². The van der Waals surface area contributed by atoms with Gasteiger partial charge in [0.2, 0.25) is 0 Å². The molecule has 2 amide bonds. The molecular weight excluding hydrogens is 492 g/mol. The van der Waals surface area contributed by atoms with E-state index in [1.807, 2.05) is 50.2 Å². The Kier molecular flexibility index (Phi) is 9.07. The van der Waals surface area contributed by atoms with Crippen molar-refractivity contribution in [2.24, 2.45) is 9.98 Å². The van der Waals surface area contributed by atoms with Crippen molar-refractivity contribution in [1.82, 2.24) is 19.8 Å². The third kappa shape index (κ3) is 6.30. The van der Waals surface area contributed by atoms with Gasteiger partial charge in [-0.05, 0) is 49.3 Å². The van der Waals surface area contributed by atoms with E-state index in [0.717, 1.165) is 24.3 Å². The van der Waals surface area contributed by atoms with Gasteiger partial charge in [0.1, 0.15) is 11.4 Å². The van der Waals surface area contributed by atoms with Crippen molar-refractivity contribution in [2.75, 3.05) is 24.6 Å². The summed E-state index contributed by atoms with van der Waals surface area (Å²) in [6.45, 7) is 5.31. The number of amidine groups is 2. The molecule has 0 atom stereocenters. The summed E-state index contributed by atoms with van der Waals surface area (Å²) in [5.41, 5.74) is 2.22. The zero-order chi connectivity index (χ0) is 25.3. The molecule has 0 saturated heterocycles. The Bertz CT molecular complexity index is 1120. The van der Waals surface area contributed by atoms with Crippen LogP contribution < -0.4 is 0 Å². The first kappa shape index (κ1) is 25.8. The van der Waals surface area contributed by atoms with Gasteiger partial charge in [-0.15, -0.1) is 0 Å². The van der Waals surface area contributed by atoms with Crippen molar-refractivity contribution in [3.05, 3.63) is 71.6 Å². The van der Waals surface area contributed by atoms with Gasteiger partial charge in [0.25, 0.3) is 11.8 Å². The fourth-order valence-corrected chi connectivity index (χ4v) is 5.61. The van der Waals surface area contributed by atoms with E-state index in [9.17, 15) is 9.59 Å². The number of pyridine rings is 2. The Morgan fingerprint density at radius 3 is 1.53 bits per heavy atom. The van der Waals surface area contributed by atoms with Crippen LogP contribution in [-0.4, -0.2) is 66.5 Å². The quantitative estimate of drug-likeness (QED) is 0.356. The minimum absolute atomic E-state index is 0.0955. The predicted molar refractivity (Wildman–Crippen MR) is 148 cm³/mol. The first-order chi connectivity index (χ1) is 17.6. The third-order valence-corrected chi connectivity index (χ3v) is 7.42. The smallest absolute Gasteiger partial charge is 0.278 e. The average Bonchev–Trinajstić information content (AvgIpc) is 3.34. The fraction of sp³-hybridized carbons (Fsp3) is 0.308. The SMILES string of the molecule is CCCN1C(=O)/C(=C/c2ccccn2)N=C1SCCSC1=N/C(=C\c2ccccn2)C(=O)N1CCC. The normalized spacial score (nSPS) is 17.9. The van der Waals surface area contributed by atoms with Gasteiger partial charge in [0.15, 0.2) is 10.3 Å². The lowest BCUT2D eigenvalue weighted by atomic mass is 10.3. The molecule has 36 heavy (non-hydrogen) atoms. The molecule has 2 aliphatic heterocycles. The molecule has 0 N–H and O–H groups in total. The van der Waals surface area contributed by atoms with E-state index in [4.69, 9.17) is 0 Å². The van der Waals surface area contributed by atoms with E-state index in [0.29, 0.717) is 46.2 Å². The summed E-state index contributed by atoms with van der Waals surface area (Å²) in [4.78, 5) is 47.0. The first-order valence-electron chi connectivity index (χ1n) is 11.9. The predicted octanol–water partition coefficient (Wildman–Crippen LogP) is 4.54. The van der Waals surface area contributed by atoms with E-state index in [2.05, 4.69) is 20.0 Å². The summed E-state index contributed by atoms with van der Waals surface area (Å²) in [6, 6.07) is 11.1. The molecule has 186 valence electrons. The van der Waals surface area contributed by atoms with E-state index in [1.54, 1.807) is 57.9 Å². The fourth-order valence-electron chi connectivity index (χ4n) is 3.59. The average molecular weight is 521 g/mol. The summed E-state index contributed by atoms with van der Waals surface area (Å²) < 4.78 is 0. The van der Waals surface area contributed by atoms with Crippen molar-refractivity contribution < 1.29 is 9.59 Å². The summed E-state index contributed by atoms with van der Waals surface area (Å²) in [5, 5.41) is 1.41. The zero-order valence-corrected chi connectivity index (χ0v) is 22.0. The second-order valence-electron chi connectivity index (χ2n) is 7.97. The molecule has 2 aromatic heterocycles. The number of thioether (sulfide) groups is 2. The minimum Gasteiger partial charge on any atom is -0.286 e. The maximum Gasteiger partial charge on any atom is 0.278 e. The van der Waals surface area contributed by atoms with Crippen LogP contribution >= 0.6 is 23.5 Å². The highest BCUT2D eigenvalue weighted by Gasteiger charge is 2.31. The monoisotopic (exact) mass is 520 g/mol. The summed E-state index contributed by atoms with van der Waals surface area (Å²) in [7, 11) is 0. The lowest BCUT2D eigenvalue weighted by Gasteiger charge is -2.17. The summed E-state index contributed by atoms with van der Waals surface area (Å²) >= 11 is 3.08. The van der Waals surface area contributed by atoms with Gasteiger partial charge < -0.3 is 0 Å². The largest absolute Gasteiger partial charge is 0.286 e. The number of hydrogen-bond donors (Lipinski definition) is 0. The molecule has 2 aromatic rings. The Morgan fingerprint density at radius 1 is 0.722 bits per heavy atom. The van der Waals surface area contributed by atoms with Gasteiger partial charge in [-0.3, -0.25) is 29.4 Å². The van der Waals surface area contributed by atoms with Crippen LogP contribution in [0.3, 0.4) is 0 Å². The van der Waals surface area contributed by atoms with Crippen LogP contribution in [0, 0.1) is 0 Å². The van der Waals surface area contributed by atoms with Crippen LogP contribution in [0.2, 0.25) is 0 Å². The van der Waals surface area contributed by atoms with Gasteiger partial charge in [0, 0.05) is 37.0 Å². The third-order valence-electron chi connectivity index (χ3n) is 5.21. The maximum absolute atomic E-state index is 12.9. The zero-order valence-electron chi connectivity index (χ0n) is 20.3. The Hall–Kier alpha value is -3.24. The molecule has 10 heteroatoms. The summed E-state index contributed by atoms with van der Waals surface area (Å²) in [5.74, 6) is 1.25. The Morgan fingerprint density at radius 2 is 1.17 bits per heavy atom. The highest BCUT2D eigenvalue weighted by Crippen LogP contribution is 2.27. The molecule has 0 radical (unpaired) electrons. The van der Waals surface area contributed by atoms with Crippen molar-refractivity contribution >= 4 is 57.8 Å². The molecule has 4 heterocycles. The Labute approximate surface area is 219 Å². The van der Waals surface area contributed by atoms with Gasteiger partial charge in [-0.1, -0.05) is 49.5 Å². The molecule has 0 fully saturated rings.